The highest BCUT2D eigenvalue weighted by Crippen LogP contribution is 2.11. The molecule has 1 aliphatic heterocycles. The topological polar surface area (TPSA) is 22.1 Å². The average molecular weight is 132 g/mol. The first-order chi connectivity index (χ1) is 4.97. The van der Waals surface area contributed by atoms with Gasteiger partial charge in [0.2, 0.25) is 0 Å². The molecule has 0 saturated heterocycles. The van der Waals surface area contributed by atoms with Crippen molar-refractivity contribution < 1.29 is 4.74 Å². The Morgan fingerprint density at radius 3 is 3.50 bits per heavy atom. The Balaban J connectivity index is 2.54. The lowest BCUT2D eigenvalue weighted by molar-refractivity contribution is 0.228. The summed E-state index contributed by atoms with van der Waals surface area (Å²) in [5, 5.41) is 0. The summed E-state index contributed by atoms with van der Waals surface area (Å²) in [4.78, 5) is 4.10. The van der Waals surface area contributed by atoms with Crippen LogP contribution in [0.3, 0.4) is 0 Å². The van der Waals surface area contributed by atoms with E-state index in [4.69, 9.17) is 4.74 Å². The van der Waals surface area contributed by atoms with Crippen molar-refractivity contribution in [1.29, 1.82) is 0 Å². The first-order valence-electron chi connectivity index (χ1n) is 3.10. The number of hydrogen-bond donors (Lipinski definition) is 0. The molecule has 10 heavy (non-hydrogen) atoms. The molecule has 0 aromatic carbocycles. The van der Waals surface area contributed by atoms with Gasteiger partial charge in [0.05, 0.1) is 12.0 Å². The lowest BCUT2D eigenvalue weighted by Crippen LogP contribution is -1.98. The van der Waals surface area contributed by atoms with Crippen molar-refractivity contribution in [2.24, 2.45) is 0 Å². The zero-order valence-corrected chi connectivity index (χ0v) is 5.37. The lowest BCUT2D eigenvalue weighted by atomic mass is 10.2. The van der Waals surface area contributed by atoms with Gasteiger partial charge in [0.15, 0.2) is 0 Å². The van der Waals surface area contributed by atoms with Gasteiger partial charge in [-0.25, -0.2) is 0 Å². The van der Waals surface area contributed by atoms with Crippen LogP contribution in [0.5, 0.6) is 0 Å². The van der Waals surface area contributed by atoms with Crippen molar-refractivity contribution in [3.8, 4) is 0 Å². The summed E-state index contributed by atoms with van der Waals surface area (Å²) >= 11 is 0. The van der Waals surface area contributed by atoms with Crippen LogP contribution >= 0.6 is 0 Å². The predicted octanol–water partition coefficient (Wildman–Crippen LogP) is 1.28. The summed E-state index contributed by atoms with van der Waals surface area (Å²) in [7, 11) is 0. The molecule has 2 rings (SSSR count). The highest BCUT2D eigenvalue weighted by Gasteiger charge is 2.03. The Kier molecular flexibility index (Phi) is 1.17. The number of fused-ring (bicyclic) bond motifs is 1. The van der Waals surface area contributed by atoms with Crippen LogP contribution < -0.4 is 0 Å². The number of pyridine rings is 1. The van der Waals surface area contributed by atoms with Crippen molar-refractivity contribution in [2.75, 3.05) is 0 Å². The fraction of sp³-hybridized carbons (Fsp3) is 0.125. The molecular weight excluding hydrogens is 126 g/mol. The number of hydrogen-bond acceptors (Lipinski definition) is 2. The van der Waals surface area contributed by atoms with Gasteiger partial charge in [0.1, 0.15) is 6.61 Å². The van der Waals surface area contributed by atoms with E-state index >= 15 is 0 Å². The molecule has 0 amide bonds. The normalized spacial score (nSPS) is 14.0. The standard InChI is InChI=1S/C8H6NO/c1-2-7-6-10-5-3-8(7)9-4-1/h1-2,4-5H,6H2. The second kappa shape index (κ2) is 2.14. The highest BCUT2D eigenvalue weighted by atomic mass is 16.5. The van der Waals surface area contributed by atoms with Crippen LogP contribution in [0, 0.1) is 6.08 Å². The van der Waals surface area contributed by atoms with Gasteiger partial charge in [-0.05, 0) is 6.07 Å². The minimum atomic E-state index is 0.621. The monoisotopic (exact) mass is 132 g/mol. The molecule has 0 aliphatic carbocycles. The van der Waals surface area contributed by atoms with E-state index in [1.165, 1.54) is 0 Å². The van der Waals surface area contributed by atoms with Crippen LogP contribution in [0.25, 0.3) is 0 Å². The maximum absolute atomic E-state index is 5.02. The minimum absolute atomic E-state index is 0.621. The molecule has 0 N–H and O–H groups in total. The van der Waals surface area contributed by atoms with Gasteiger partial charge in [0.25, 0.3) is 0 Å². The van der Waals surface area contributed by atoms with Gasteiger partial charge >= 0.3 is 0 Å². The van der Waals surface area contributed by atoms with Crippen LogP contribution in [0.1, 0.15) is 11.3 Å². The van der Waals surface area contributed by atoms with Crippen molar-refractivity contribution in [2.45, 2.75) is 6.61 Å². The minimum Gasteiger partial charge on any atom is -0.496 e. The van der Waals surface area contributed by atoms with Crippen molar-refractivity contribution in [3.05, 3.63) is 41.9 Å². The summed E-state index contributed by atoms with van der Waals surface area (Å²) in [5.41, 5.74) is 2.00. The zero-order valence-electron chi connectivity index (χ0n) is 5.37. The van der Waals surface area contributed by atoms with Crippen molar-refractivity contribution in [3.63, 3.8) is 0 Å². The third-order valence-corrected chi connectivity index (χ3v) is 1.41. The van der Waals surface area contributed by atoms with Crippen LogP contribution in [-0.4, -0.2) is 4.98 Å². The molecule has 0 spiro atoms. The van der Waals surface area contributed by atoms with Crippen LogP contribution in [-0.2, 0) is 11.3 Å². The third kappa shape index (κ3) is 0.778. The Bertz CT molecular complexity index is 268. The van der Waals surface area contributed by atoms with Crippen molar-refractivity contribution in [1.82, 2.24) is 4.98 Å². The number of ether oxygens (including phenoxy) is 1. The summed E-state index contributed by atoms with van der Waals surface area (Å²) < 4.78 is 5.02. The lowest BCUT2D eigenvalue weighted by Gasteiger charge is -2.07. The molecule has 0 bridgehead atoms. The van der Waals surface area contributed by atoms with Gasteiger partial charge in [-0.15, -0.1) is 0 Å². The third-order valence-electron chi connectivity index (χ3n) is 1.41. The largest absolute Gasteiger partial charge is 0.496 e. The molecule has 0 unspecified atom stereocenters. The Morgan fingerprint density at radius 2 is 2.60 bits per heavy atom. The second-order valence-corrected chi connectivity index (χ2v) is 2.08. The molecule has 1 aromatic heterocycles. The summed E-state index contributed by atoms with van der Waals surface area (Å²) in [6.45, 7) is 0.621. The quantitative estimate of drug-likeness (QED) is 0.530. The van der Waals surface area contributed by atoms with E-state index in [-0.39, 0.29) is 0 Å². The van der Waals surface area contributed by atoms with E-state index in [0.717, 1.165) is 11.3 Å². The zero-order chi connectivity index (χ0) is 6.81. The van der Waals surface area contributed by atoms with Crippen LogP contribution in [0.2, 0.25) is 0 Å². The van der Waals surface area contributed by atoms with Gasteiger partial charge in [-0.2, -0.15) is 0 Å². The molecule has 0 atom stereocenters. The molecular formula is C8H6NO. The van der Waals surface area contributed by atoms with Gasteiger partial charge in [-0.1, -0.05) is 6.07 Å². The Labute approximate surface area is 59.2 Å². The Hall–Kier alpha value is -1.31. The fourth-order valence-electron chi connectivity index (χ4n) is 0.914. The van der Waals surface area contributed by atoms with Gasteiger partial charge in [-0.3, -0.25) is 4.98 Å². The van der Waals surface area contributed by atoms with Gasteiger partial charge in [0, 0.05) is 17.8 Å². The van der Waals surface area contributed by atoms with E-state index in [2.05, 4.69) is 11.1 Å². The number of nitrogens with zero attached hydrogens (tertiary/aromatic N) is 1. The molecule has 2 heterocycles. The first kappa shape index (κ1) is 5.47. The summed E-state index contributed by atoms with van der Waals surface area (Å²) in [6, 6.07) is 3.89. The smallest absolute Gasteiger partial charge is 0.115 e. The predicted molar refractivity (Wildman–Crippen MR) is 35.9 cm³/mol. The summed E-state index contributed by atoms with van der Waals surface area (Å²) in [5.74, 6) is 0. The molecule has 0 fully saturated rings. The molecule has 49 valence electrons. The summed E-state index contributed by atoms with van der Waals surface area (Å²) in [6.07, 6.45) is 6.21. The second-order valence-electron chi connectivity index (χ2n) is 2.08. The molecule has 1 aliphatic rings. The first-order valence-corrected chi connectivity index (χ1v) is 3.10. The maximum atomic E-state index is 5.02. The number of aromatic nitrogens is 1. The molecule has 0 saturated carbocycles. The van der Waals surface area contributed by atoms with E-state index in [1.807, 2.05) is 12.1 Å². The molecule has 1 radical (unpaired) electrons. The maximum Gasteiger partial charge on any atom is 0.115 e. The molecule has 2 nitrogen and oxygen atoms in total. The van der Waals surface area contributed by atoms with Crippen LogP contribution in [0.4, 0.5) is 0 Å². The number of rotatable bonds is 0. The fourth-order valence-corrected chi connectivity index (χ4v) is 0.914. The van der Waals surface area contributed by atoms with Crippen LogP contribution in [0.15, 0.2) is 24.6 Å². The van der Waals surface area contributed by atoms with E-state index in [1.54, 1.807) is 12.5 Å². The average Bonchev–Trinajstić information content (AvgIpc) is 2.05. The Morgan fingerprint density at radius 1 is 1.60 bits per heavy atom. The van der Waals surface area contributed by atoms with E-state index in [9.17, 15) is 0 Å². The SMILES string of the molecule is [C]1=COCc2cccnc21. The molecule has 1 aromatic rings. The van der Waals surface area contributed by atoms with E-state index in [0.29, 0.717) is 6.61 Å². The van der Waals surface area contributed by atoms with E-state index < -0.39 is 0 Å². The van der Waals surface area contributed by atoms with Crippen molar-refractivity contribution >= 4 is 0 Å². The highest BCUT2D eigenvalue weighted by molar-refractivity contribution is 5.25. The van der Waals surface area contributed by atoms with Gasteiger partial charge < -0.3 is 4.74 Å². The molecule has 2 heteroatoms.